The third-order valence-corrected chi connectivity index (χ3v) is 4.01. The molecule has 21 heavy (non-hydrogen) atoms. The molecule has 0 atom stereocenters. The topological polar surface area (TPSA) is 29.4 Å². The fraction of sp³-hybridized carbons (Fsp3) is 0.0714. The van der Waals surface area contributed by atoms with Crippen LogP contribution in [0.15, 0.2) is 57.2 Å². The Balaban J connectivity index is 2.21. The number of alkyl halides is 3. The van der Waals surface area contributed by atoms with E-state index in [1.165, 1.54) is 23.9 Å². The molecule has 0 radical (unpaired) electrons. The van der Waals surface area contributed by atoms with Crippen molar-refractivity contribution in [2.45, 2.75) is 16.0 Å². The smallest absolute Gasteiger partial charge is 0.211 e. The summed E-state index contributed by atoms with van der Waals surface area (Å²) in [5.74, 6) is 0. The Hall–Kier alpha value is -1.75. The summed E-state index contributed by atoms with van der Waals surface area (Å²) in [7, 11) is 0. The molecule has 108 valence electrons. The lowest BCUT2D eigenvalue weighted by atomic mass is 10.2. The zero-order valence-electron chi connectivity index (χ0n) is 10.3. The fourth-order valence-electron chi connectivity index (χ4n) is 1.53. The van der Waals surface area contributed by atoms with Gasteiger partial charge in [0.15, 0.2) is 0 Å². The van der Waals surface area contributed by atoms with E-state index in [9.17, 15) is 18.0 Å². The Morgan fingerprint density at radius 1 is 1.10 bits per heavy atom. The van der Waals surface area contributed by atoms with E-state index >= 15 is 0 Å². The minimum Gasteiger partial charge on any atom is -0.211 e. The second kappa shape index (κ2) is 6.35. The molecule has 0 bridgehead atoms. The highest BCUT2D eigenvalue weighted by atomic mass is 35.5. The van der Waals surface area contributed by atoms with Gasteiger partial charge in [-0.15, -0.1) is 0 Å². The van der Waals surface area contributed by atoms with E-state index in [-0.39, 0.29) is 5.02 Å². The van der Waals surface area contributed by atoms with Crippen LogP contribution in [0, 0.1) is 0 Å². The highest BCUT2D eigenvalue weighted by Gasteiger charge is 2.30. The van der Waals surface area contributed by atoms with Gasteiger partial charge in [0, 0.05) is 9.79 Å². The average Bonchev–Trinajstić information content (AvgIpc) is 2.42. The van der Waals surface area contributed by atoms with Crippen LogP contribution in [0.2, 0.25) is 5.02 Å². The number of benzene rings is 2. The summed E-state index contributed by atoms with van der Waals surface area (Å²) >= 11 is 7.10. The minimum absolute atomic E-state index is 0.0322. The molecule has 0 aromatic heterocycles. The van der Waals surface area contributed by atoms with Crippen LogP contribution in [-0.2, 0) is 11.0 Å². The number of halogens is 4. The molecule has 0 aliphatic rings. The lowest BCUT2D eigenvalue weighted by Crippen LogP contribution is -2.04. The molecule has 2 aromatic rings. The van der Waals surface area contributed by atoms with Crippen molar-refractivity contribution in [3.63, 3.8) is 0 Å². The normalized spacial score (nSPS) is 11.0. The molecule has 0 aliphatic carbocycles. The van der Waals surface area contributed by atoms with Crippen molar-refractivity contribution in [1.29, 1.82) is 0 Å². The van der Waals surface area contributed by atoms with Crippen LogP contribution >= 0.6 is 23.4 Å². The van der Waals surface area contributed by atoms with Crippen LogP contribution in [-0.4, -0.2) is 6.08 Å². The summed E-state index contributed by atoms with van der Waals surface area (Å²) in [5.41, 5.74) is -0.333. The van der Waals surface area contributed by atoms with E-state index in [4.69, 9.17) is 11.6 Å². The molecule has 0 heterocycles. The Bertz CT molecular complexity index is 694. The van der Waals surface area contributed by atoms with Gasteiger partial charge in [-0.1, -0.05) is 23.4 Å². The highest BCUT2D eigenvalue weighted by Crippen LogP contribution is 2.38. The molecule has 0 saturated heterocycles. The first-order valence-electron chi connectivity index (χ1n) is 5.62. The van der Waals surface area contributed by atoms with Crippen LogP contribution in [0.1, 0.15) is 5.56 Å². The maximum atomic E-state index is 12.5. The third kappa shape index (κ3) is 4.11. The van der Waals surface area contributed by atoms with Crippen LogP contribution in [0.5, 0.6) is 0 Å². The van der Waals surface area contributed by atoms with Gasteiger partial charge in [-0.3, -0.25) is 0 Å². The lowest BCUT2D eigenvalue weighted by Gasteiger charge is -2.09. The summed E-state index contributed by atoms with van der Waals surface area (Å²) in [4.78, 5) is 14.8. The van der Waals surface area contributed by atoms with Gasteiger partial charge in [-0.25, -0.2) is 4.79 Å². The second-order valence-corrected chi connectivity index (χ2v) is 5.46. The van der Waals surface area contributed by atoms with Crippen LogP contribution in [0.25, 0.3) is 0 Å². The number of isocyanates is 1. The predicted molar refractivity (Wildman–Crippen MR) is 74.8 cm³/mol. The van der Waals surface area contributed by atoms with Gasteiger partial charge in [-0.05, 0) is 42.5 Å². The van der Waals surface area contributed by atoms with Crippen molar-refractivity contribution in [2.24, 2.45) is 4.99 Å². The first-order chi connectivity index (χ1) is 9.90. The molecular weight excluding hydrogens is 323 g/mol. The van der Waals surface area contributed by atoms with Gasteiger partial charge in [-0.2, -0.15) is 18.2 Å². The summed E-state index contributed by atoms with van der Waals surface area (Å²) in [6, 6.07) is 9.79. The van der Waals surface area contributed by atoms with Crippen molar-refractivity contribution in [3.8, 4) is 0 Å². The first-order valence-corrected chi connectivity index (χ1v) is 6.82. The third-order valence-electron chi connectivity index (χ3n) is 2.50. The molecule has 2 aromatic carbocycles. The van der Waals surface area contributed by atoms with E-state index in [0.717, 1.165) is 17.0 Å². The molecule has 7 heteroatoms. The van der Waals surface area contributed by atoms with E-state index < -0.39 is 11.7 Å². The SMILES string of the molecule is O=C=Nc1ccc(Sc2ccc(C(F)(F)F)cc2Cl)cc1. The quantitative estimate of drug-likeness (QED) is 0.551. The largest absolute Gasteiger partial charge is 0.416 e. The van der Waals surface area contributed by atoms with E-state index in [0.29, 0.717) is 10.6 Å². The highest BCUT2D eigenvalue weighted by molar-refractivity contribution is 7.99. The van der Waals surface area contributed by atoms with Crippen LogP contribution < -0.4 is 0 Å². The summed E-state index contributed by atoms with van der Waals surface area (Å²) < 4.78 is 37.6. The van der Waals surface area contributed by atoms with Crippen molar-refractivity contribution in [3.05, 3.63) is 53.1 Å². The molecule has 0 saturated carbocycles. The average molecular weight is 330 g/mol. The Kier molecular flexibility index (Phi) is 4.73. The Morgan fingerprint density at radius 2 is 1.76 bits per heavy atom. The molecular formula is C14H7ClF3NOS. The minimum atomic E-state index is -4.42. The van der Waals surface area contributed by atoms with Gasteiger partial charge in [0.1, 0.15) is 0 Å². The zero-order chi connectivity index (χ0) is 15.5. The van der Waals surface area contributed by atoms with Crippen molar-refractivity contribution in [2.75, 3.05) is 0 Å². The number of hydrogen-bond donors (Lipinski definition) is 0. The molecule has 0 fully saturated rings. The molecule has 2 rings (SSSR count). The second-order valence-electron chi connectivity index (χ2n) is 3.94. The zero-order valence-corrected chi connectivity index (χ0v) is 11.9. The van der Waals surface area contributed by atoms with Gasteiger partial charge < -0.3 is 0 Å². The van der Waals surface area contributed by atoms with Crippen molar-refractivity contribution < 1.29 is 18.0 Å². The van der Waals surface area contributed by atoms with Gasteiger partial charge in [0.05, 0.1) is 16.3 Å². The number of hydrogen-bond acceptors (Lipinski definition) is 3. The van der Waals surface area contributed by atoms with Gasteiger partial charge in [0.25, 0.3) is 0 Å². The Labute approximate surface area is 127 Å². The molecule has 0 N–H and O–H groups in total. The number of rotatable bonds is 3. The molecule has 2 nitrogen and oxygen atoms in total. The van der Waals surface area contributed by atoms with Gasteiger partial charge in [0.2, 0.25) is 6.08 Å². The Morgan fingerprint density at radius 3 is 2.29 bits per heavy atom. The van der Waals surface area contributed by atoms with Crippen LogP contribution in [0.4, 0.5) is 18.9 Å². The summed E-state index contributed by atoms with van der Waals surface area (Å²) in [6.07, 6.45) is -2.99. The number of carbonyl (C=O) groups excluding carboxylic acids is 1. The lowest BCUT2D eigenvalue weighted by molar-refractivity contribution is -0.137. The number of aliphatic imine (C=N–C) groups is 1. The molecule has 0 unspecified atom stereocenters. The molecule has 0 aliphatic heterocycles. The maximum absolute atomic E-state index is 12.5. The van der Waals surface area contributed by atoms with E-state index in [1.54, 1.807) is 24.3 Å². The predicted octanol–water partition coefficient (Wildman–Crippen LogP) is 5.48. The van der Waals surface area contributed by atoms with Crippen molar-refractivity contribution >= 4 is 35.1 Å². The molecule has 0 spiro atoms. The van der Waals surface area contributed by atoms with Crippen LogP contribution in [0.3, 0.4) is 0 Å². The van der Waals surface area contributed by atoms with Gasteiger partial charge >= 0.3 is 6.18 Å². The monoisotopic (exact) mass is 329 g/mol. The summed E-state index contributed by atoms with van der Waals surface area (Å²) in [5, 5.41) is 0.0322. The van der Waals surface area contributed by atoms with E-state index in [2.05, 4.69) is 4.99 Å². The summed E-state index contributed by atoms with van der Waals surface area (Å²) in [6.45, 7) is 0. The van der Waals surface area contributed by atoms with E-state index in [1.807, 2.05) is 0 Å². The maximum Gasteiger partial charge on any atom is 0.416 e. The first kappa shape index (κ1) is 15.6. The number of nitrogens with zero attached hydrogens (tertiary/aromatic N) is 1. The fourth-order valence-corrected chi connectivity index (χ4v) is 2.64. The molecule has 0 amide bonds. The van der Waals surface area contributed by atoms with Crippen molar-refractivity contribution in [1.82, 2.24) is 0 Å². The standard InChI is InChI=1S/C14H7ClF3NOS/c15-12-7-9(14(16,17)18)1-6-13(12)21-11-4-2-10(3-5-11)19-8-20/h1-7H.